The van der Waals surface area contributed by atoms with Gasteiger partial charge < -0.3 is 20.1 Å². The lowest BCUT2D eigenvalue weighted by Gasteiger charge is -2.15. The van der Waals surface area contributed by atoms with Crippen molar-refractivity contribution in [1.82, 2.24) is 5.43 Å². The van der Waals surface area contributed by atoms with E-state index in [4.69, 9.17) is 9.47 Å². The minimum Gasteiger partial charge on any atom is -0.493 e. The van der Waals surface area contributed by atoms with Crippen molar-refractivity contribution in [2.75, 3.05) is 24.4 Å². The molecule has 9 nitrogen and oxygen atoms in total. The number of carbonyl (C=O) groups excluding carboxylic acids is 3. The molecule has 0 atom stereocenters. The minimum atomic E-state index is -1.00. The molecule has 3 amide bonds. The summed E-state index contributed by atoms with van der Waals surface area (Å²) in [6.07, 6.45) is 1.33. The highest BCUT2D eigenvalue weighted by Gasteiger charge is 2.16. The molecule has 0 aliphatic heterocycles. The van der Waals surface area contributed by atoms with Crippen LogP contribution in [0.3, 0.4) is 0 Å². The number of ether oxygens (including phenoxy) is 2. The van der Waals surface area contributed by atoms with E-state index in [1.165, 1.54) is 25.5 Å². The smallest absolute Gasteiger partial charge is 0.329 e. The minimum absolute atomic E-state index is 0.230. The molecular formula is C27H26FIN4O5. The van der Waals surface area contributed by atoms with Crippen LogP contribution in [-0.2, 0) is 14.4 Å². The summed E-state index contributed by atoms with van der Waals surface area (Å²) >= 11 is 2.03. The van der Waals surface area contributed by atoms with Gasteiger partial charge in [0.15, 0.2) is 18.1 Å². The lowest BCUT2D eigenvalue weighted by atomic mass is 10.1. The summed E-state index contributed by atoms with van der Waals surface area (Å²) in [6, 6.07) is 12.3. The van der Waals surface area contributed by atoms with Crippen molar-refractivity contribution >= 4 is 57.9 Å². The maximum atomic E-state index is 13.0. The first-order valence-electron chi connectivity index (χ1n) is 11.4. The van der Waals surface area contributed by atoms with Gasteiger partial charge in [-0.15, -0.1) is 0 Å². The molecular weight excluding hydrogens is 606 g/mol. The van der Waals surface area contributed by atoms with Crippen LogP contribution in [0.15, 0.2) is 53.6 Å². The van der Waals surface area contributed by atoms with Crippen LogP contribution < -0.4 is 25.5 Å². The zero-order chi connectivity index (χ0) is 27.8. The third kappa shape index (κ3) is 7.75. The van der Waals surface area contributed by atoms with Crippen LogP contribution in [0, 0.1) is 30.2 Å². The van der Waals surface area contributed by atoms with E-state index in [0.717, 1.165) is 34.5 Å². The molecule has 0 fully saturated rings. The van der Waals surface area contributed by atoms with Gasteiger partial charge in [0.1, 0.15) is 5.82 Å². The van der Waals surface area contributed by atoms with Gasteiger partial charge in [0, 0.05) is 11.4 Å². The van der Waals surface area contributed by atoms with E-state index in [2.05, 4.69) is 21.2 Å². The number of anilines is 2. The molecule has 0 unspecified atom stereocenters. The Balaban J connectivity index is 1.60. The number of aryl methyl sites for hydroxylation is 3. The second kappa shape index (κ2) is 13.0. The fourth-order valence-electron chi connectivity index (χ4n) is 3.58. The SMILES string of the molecule is COc1cc(/C=N\NC(=O)C(=O)Nc2ccc(F)cc2)cc(I)c1OCC(=O)Nc1c(C)cc(C)cc1C. The summed E-state index contributed by atoms with van der Waals surface area (Å²) in [5, 5.41) is 9.03. The first kappa shape index (κ1) is 28.6. The molecule has 38 heavy (non-hydrogen) atoms. The maximum Gasteiger partial charge on any atom is 0.329 e. The highest BCUT2D eigenvalue weighted by atomic mass is 127. The van der Waals surface area contributed by atoms with Gasteiger partial charge >= 0.3 is 11.8 Å². The van der Waals surface area contributed by atoms with E-state index < -0.39 is 17.6 Å². The Morgan fingerprint density at radius 1 is 0.974 bits per heavy atom. The number of hydrogen-bond donors (Lipinski definition) is 3. The first-order valence-corrected chi connectivity index (χ1v) is 12.4. The van der Waals surface area contributed by atoms with Crippen LogP contribution in [0.2, 0.25) is 0 Å². The summed E-state index contributed by atoms with van der Waals surface area (Å²) in [7, 11) is 1.46. The van der Waals surface area contributed by atoms with E-state index in [0.29, 0.717) is 20.6 Å². The molecule has 3 rings (SSSR count). The number of methoxy groups -OCH3 is 1. The molecule has 11 heteroatoms. The summed E-state index contributed by atoms with van der Waals surface area (Å²) in [4.78, 5) is 36.5. The van der Waals surface area contributed by atoms with Gasteiger partial charge in [0.25, 0.3) is 5.91 Å². The molecule has 0 radical (unpaired) electrons. The van der Waals surface area contributed by atoms with Crippen molar-refractivity contribution in [3.8, 4) is 11.5 Å². The van der Waals surface area contributed by atoms with Crippen LogP contribution in [0.25, 0.3) is 0 Å². The third-order valence-electron chi connectivity index (χ3n) is 5.23. The summed E-state index contributed by atoms with van der Waals surface area (Å²) in [5.74, 6) is -2.01. The average molecular weight is 632 g/mol. The van der Waals surface area contributed by atoms with E-state index in [-0.39, 0.29) is 18.2 Å². The number of rotatable bonds is 8. The van der Waals surface area contributed by atoms with Crippen molar-refractivity contribution in [3.63, 3.8) is 0 Å². The lowest BCUT2D eigenvalue weighted by molar-refractivity contribution is -0.136. The largest absolute Gasteiger partial charge is 0.493 e. The standard InChI is InChI=1S/C27H26FIN4O5/c1-15-9-16(2)24(17(3)10-15)32-23(34)14-38-25-21(29)11-18(12-22(25)37-4)13-30-33-27(36)26(35)31-20-7-5-19(28)6-8-20/h5-13H,14H2,1-4H3,(H,31,35)(H,32,34)(H,33,36)/b30-13-. The predicted octanol–water partition coefficient (Wildman–Crippen LogP) is 4.47. The van der Waals surface area contributed by atoms with Crippen LogP contribution in [0.4, 0.5) is 15.8 Å². The molecule has 3 aromatic carbocycles. The van der Waals surface area contributed by atoms with Gasteiger partial charge in [0.2, 0.25) is 0 Å². The van der Waals surface area contributed by atoms with E-state index in [9.17, 15) is 18.8 Å². The molecule has 198 valence electrons. The van der Waals surface area contributed by atoms with Crippen LogP contribution in [-0.4, -0.2) is 37.7 Å². The summed E-state index contributed by atoms with van der Waals surface area (Å²) in [5.41, 5.74) is 6.74. The number of nitrogens with one attached hydrogen (secondary N) is 3. The molecule has 0 saturated heterocycles. The molecule has 0 aliphatic rings. The van der Waals surface area contributed by atoms with Crippen LogP contribution in [0.1, 0.15) is 22.3 Å². The van der Waals surface area contributed by atoms with Crippen molar-refractivity contribution in [2.45, 2.75) is 20.8 Å². The fraction of sp³-hybridized carbons (Fsp3) is 0.185. The van der Waals surface area contributed by atoms with E-state index in [1.54, 1.807) is 12.1 Å². The number of nitrogens with zero attached hydrogens (tertiary/aromatic N) is 1. The first-order chi connectivity index (χ1) is 18.1. The molecule has 3 N–H and O–H groups in total. The Hall–Kier alpha value is -4.00. The van der Waals surface area contributed by atoms with E-state index >= 15 is 0 Å². The molecule has 0 bridgehead atoms. The maximum absolute atomic E-state index is 13.0. The van der Waals surface area contributed by atoms with Gasteiger partial charge in [-0.1, -0.05) is 17.7 Å². The van der Waals surface area contributed by atoms with Crippen molar-refractivity contribution in [2.24, 2.45) is 5.10 Å². The molecule has 3 aromatic rings. The summed E-state index contributed by atoms with van der Waals surface area (Å²) in [6.45, 7) is 5.64. The molecule has 0 spiro atoms. The average Bonchev–Trinajstić information content (AvgIpc) is 2.86. The third-order valence-corrected chi connectivity index (χ3v) is 6.03. The van der Waals surface area contributed by atoms with Crippen LogP contribution in [0.5, 0.6) is 11.5 Å². The van der Waals surface area contributed by atoms with Gasteiger partial charge in [-0.3, -0.25) is 14.4 Å². The highest BCUT2D eigenvalue weighted by Crippen LogP contribution is 2.33. The predicted molar refractivity (Wildman–Crippen MR) is 151 cm³/mol. The van der Waals surface area contributed by atoms with Crippen LogP contribution >= 0.6 is 22.6 Å². The van der Waals surface area contributed by atoms with Gasteiger partial charge in [-0.25, -0.2) is 9.82 Å². The second-order valence-electron chi connectivity index (χ2n) is 8.30. The topological polar surface area (TPSA) is 118 Å². The molecule has 0 aromatic heterocycles. The Labute approximate surface area is 232 Å². The Kier molecular flexibility index (Phi) is 9.77. The Morgan fingerprint density at radius 3 is 2.26 bits per heavy atom. The second-order valence-corrected chi connectivity index (χ2v) is 9.47. The molecule has 0 aliphatic carbocycles. The summed E-state index contributed by atoms with van der Waals surface area (Å²) < 4.78 is 24.8. The van der Waals surface area contributed by atoms with Gasteiger partial charge in [-0.2, -0.15) is 5.10 Å². The van der Waals surface area contributed by atoms with Crippen molar-refractivity contribution in [1.29, 1.82) is 0 Å². The molecule has 0 heterocycles. The van der Waals surface area contributed by atoms with E-state index in [1.807, 2.05) is 55.5 Å². The Morgan fingerprint density at radius 2 is 1.63 bits per heavy atom. The normalized spacial score (nSPS) is 10.7. The monoisotopic (exact) mass is 632 g/mol. The van der Waals surface area contributed by atoms with Crippen molar-refractivity contribution in [3.05, 3.63) is 80.2 Å². The zero-order valence-corrected chi connectivity index (χ0v) is 23.3. The number of halogens is 2. The highest BCUT2D eigenvalue weighted by molar-refractivity contribution is 14.1. The number of benzene rings is 3. The quantitative estimate of drug-likeness (QED) is 0.147. The van der Waals surface area contributed by atoms with Crippen molar-refractivity contribution < 1.29 is 28.2 Å². The zero-order valence-electron chi connectivity index (χ0n) is 21.1. The Bertz CT molecular complexity index is 1370. The number of amides is 3. The number of hydrogen-bond acceptors (Lipinski definition) is 6. The molecule has 0 saturated carbocycles. The number of hydrazone groups is 1. The lowest BCUT2D eigenvalue weighted by Crippen LogP contribution is -2.32. The number of carbonyl (C=O) groups is 3. The van der Waals surface area contributed by atoms with Gasteiger partial charge in [0.05, 0.1) is 16.9 Å². The fourth-order valence-corrected chi connectivity index (χ4v) is 4.36. The van der Waals surface area contributed by atoms with Gasteiger partial charge in [-0.05, 0) is 96.5 Å².